The number of carbonyl (C=O) groups excluding carboxylic acids is 1. The lowest BCUT2D eigenvalue weighted by Crippen LogP contribution is -2.20. The summed E-state index contributed by atoms with van der Waals surface area (Å²) in [7, 11) is 0. The molecular weight excluding hydrogens is 334 g/mol. The molecule has 1 aromatic carbocycles. The molecule has 1 aromatic heterocycles. The molecule has 1 saturated heterocycles. The molecule has 1 aliphatic rings. The Morgan fingerprint density at radius 3 is 2.71 bits per heavy atom. The minimum atomic E-state index is -0.580. The van der Waals surface area contributed by atoms with E-state index >= 15 is 0 Å². The maximum atomic E-state index is 12.4. The van der Waals surface area contributed by atoms with Crippen molar-refractivity contribution in [2.75, 3.05) is 23.3 Å². The first kappa shape index (κ1) is 16.1. The Morgan fingerprint density at radius 2 is 2.00 bits per heavy atom. The second kappa shape index (κ2) is 6.79. The molecule has 0 aliphatic carbocycles. The van der Waals surface area contributed by atoms with Crippen molar-refractivity contribution in [1.82, 2.24) is 9.97 Å². The standard InChI is InChI=1S/C15H14ClN5O3/c16-12-4-3-10(21(23)24)7-11(12)15(22)19-13-8-14(18-9-17-13)20-5-1-2-6-20/h3-4,7-9H,1-2,5-6H2,(H,17,18,19,22). The van der Waals surface area contributed by atoms with Crippen molar-refractivity contribution >= 4 is 34.8 Å². The highest BCUT2D eigenvalue weighted by Gasteiger charge is 2.18. The molecule has 124 valence electrons. The Kier molecular flexibility index (Phi) is 4.57. The van der Waals surface area contributed by atoms with Gasteiger partial charge < -0.3 is 10.2 Å². The lowest BCUT2D eigenvalue weighted by molar-refractivity contribution is -0.384. The molecule has 8 nitrogen and oxygen atoms in total. The summed E-state index contributed by atoms with van der Waals surface area (Å²) in [6, 6.07) is 5.38. The number of benzene rings is 1. The molecule has 1 fully saturated rings. The van der Waals surface area contributed by atoms with Gasteiger partial charge in [-0.15, -0.1) is 0 Å². The van der Waals surface area contributed by atoms with Gasteiger partial charge in [-0.3, -0.25) is 14.9 Å². The zero-order valence-corrected chi connectivity index (χ0v) is 13.4. The summed E-state index contributed by atoms with van der Waals surface area (Å²) >= 11 is 5.97. The van der Waals surface area contributed by atoms with E-state index in [0.29, 0.717) is 5.82 Å². The largest absolute Gasteiger partial charge is 0.356 e. The third-order valence-corrected chi connectivity index (χ3v) is 4.06. The summed E-state index contributed by atoms with van der Waals surface area (Å²) in [5, 5.41) is 13.6. The van der Waals surface area contributed by atoms with E-state index in [4.69, 9.17) is 11.6 Å². The van der Waals surface area contributed by atoms with Crippen molar-refractivity contribution < 1.29 is 9.72 Å². The van der Waals surface area contributed by atoms with Crippen molar-refractivity contribution in [2.24, 2.45) is 0 Å². The van der Waals surface area contributed by atoms with Gasteiger partial charge in [-0.2, -0.15) is 0 Å². The Morgan fingerprint density at radius 1 is 1.25 bits per heavy atom. The van der Waals surface area contributed by atoms with Gasteiger partial charge in [0.15, 0.2) is 0 Å². The summed E-state index contributed by atoms with van der Waals surface area (Å²) in [5.41, 5.74) is -0.183. The molecule has 1 N–H and O–H groups in total. The number of anilines is 2. The van der Waals surface area contributed by atoms with Gasteiger partial charge in [-0.25, -0.2) is 9.97 Å². The number of hydrogen-bond acceptors (Lipinski definition) is 6. The van der Waals surface area contributed by atoms with Crippen molar-refractivity contribution in [3.63, 3.8) is 0 Å². The minimum Gasteiger partial charge on any atom is -0.356 e. The highest BCUT2D eigenvalue weighted by molar-refractivity contribution is 6.34. The first-order valence-corrected chi connectivity index (χ1v) is 7.74. The van der Waals surface area contributed by atoms with E-state index < -0.39 is 10.8 Å². The highest BCUT2D eigenvalue weighted by Crippen LogP contribution is 2.24. The van der Waals surface area contributed by atoms with Gasteiger partial charge in [0.2, 0.25) is 0 Å². The average molecular weight is 348 g/mol. The molecule has 0 radical (unpaired) electrons. The molecule has 1 amide bonds. The van der Waals surface area contributed by atoms with Gasteiger partial charge in [0.1, 0.15) is 18.0 Å². The molecule has 0 unspecified atom stereocenters. The summed E-state index contributed by atoms with van der Waals surface area (Å²) in [4.78, 5) is 32.9. The maximum Gasteiger partial charge on any atom is 0.270 e. The van der Waals surface area contributed by atoms with Crippen molar-refractivity contribution in [2.45, 2.75) is 12.8 Å². The normalized spacial score (nSPS) is 13.8. The number of hydrogen-bond donors (Lipinski definition) is 1. The molecule has 9 heteroatoms. The van der Waals surface area contributed by atoms with Crippen LogP contribution in [-0.4, -0.2) is 33.9 Å². The van der Waals surface area contributed by atoms with Crippen LogP contribution in [0.4, 0.5) is 17.3 Å². The first-order chi connectivity index (χ1) is 11.5. The maximum absolute atomic E-state index is 12.4. The smallest absolute Gasteiger partial charge is 0.270 e. The third kappa shape index (κ3) is 3.43. The van der Waals surface area contributed by atoms with E-state index in [1.165, 1.54) is 18.5 Å². The second-order valence-electron chi connectivity index (χ2n) is 5.33. The average Bonchev–Trinajstić information content (AvgIpc) is 3.09. The third-order valence-electron chi connectivity index (χ3n) is 3.73. The van der Waals surface area contributed by atoms with Crippen molar-refractivity contribution in [1.29, 1.82) is 0 Å². The molecule has 0 bridgehead atoms. The van der Waals surface area contributed by atoms with Crippen LogP contribution in [0.1, 0.15) is 23.2 Å². The summed E-state index contributed by atoms with van der Waals surface area (Å²) < 4.78 is 0. The number of nitro groups is 1. The highest BCUT2D eigenvalue weighted by atomic mass is 35.5. The Labute approximate surface area is 142 Å². The minimum absolute atomic E-state index is 0.0206. The molecule has 24 heavy (non-hydrogen) atoms. The molecule has 0 atom stereocenters. The summed E-state index contributed by atoms with van der Waals surface area (Å²) in [6.45, 7) is 1.84. The molecule has 3 rings (SSSR count). The number of carbonyl (C=O) groups is 1. The monoisotopic (exact) mass is 347 g/mol. The zero-order chi connectivity index (χ0) is 17.1. The molecule has 2 aromatic rings. The van der Waals surface area contributed by atoms with Gasteiger partial charge in [0, 0.05) is 31.3 Å². The van der Waals surface area contributed by atoms with E-state index in [1.807, 2.05) is 0 Å². The SMILES string of the molecule is O=C(Nc1cc(N2CCCC2)ncn1)c1cc([N+](=O)[O-])ccc1Cl. The van der Waals surface area contributed by atoms with Gasteiger partial charge in [0.05, 0.1) is 15.5 Å². The topological polar surface area (TPSA) is 101 Å². The van der Waals surface area contributed by atoms with Crippen LogP contribution in [0.3, 0.4) is 0 Å². The van der Waals surface area contributed by atoms with Crippen LogP contribution in [0.2, 0.25) is 5.02 Å². The summed E-state index contributed by atoms with van der Waals surface area (Å²) in [6.07, 6.45) is 3.59. The van der Waals surface area contributed by atoms with Gasteiger partial charge in [-0.05, 0) is 18.9 Å². The fourth-order valence-corrected chi connectivity index (χ4v) is 2.72. The Balaban J connectivity index is 1.81. The fourth-order valence-electron chi connectivity index (χ4n) is 2.52. The molecule has 0 saturated carbocycles. The molecule has 2 heterocycles. The van der Waals surface area contributed by atoms with E-state index in [2.05, 4.69) is 20.2 Å². The van der Waals surface area contributed by atoms with Gasteiger partial charge in [-0.1, -0.05) is 11.6 Å². The molecule has 0 spiro atoms. The number of nitrogens with one attached hydrogen (secondary N) is 1. The van der Waals surface area contributed by atoms with Crippen LogP contribution < -0.4 is 10.2 Å². The lowest BCUT2D eigenvalue weighted by Gasteiger charge is -2.16. The van der Waals surface area contributed by atoms with Crippen LogP contribution in [0.15, 0.2) is 30.6 Å². The Bertz CT molecular complexity index is 792. The molecule has 1 aliphatic heterocycles. The first-order valence-electron chi connectivity index (χ1n) is 7.37. The van der Waals surface area contributed by atoms with Crippen LogP contribution in [-0.2, 0) is 0 Å². The lowest BCUT2D eigenvalue weighted by atomic mass is 10.2. The number of aromatic nitrogens is 2. The number of non-ortho nitro benzene ring substituents is 1. The van der Waals surface area contributed by atoms with Crippen LogP contribution in [0, 0.1) is 10.1 Å². The van der Waals surface area contributed by atoms with E-state index in [1.54, 1.807) is 6.07 Å². The van der Waals surface area contributed by atoms with Crippen LogP contribution >= 0.6 is 11.6 Å². The van der Waals surface area contributed by atoms with Crippen molar-refractivity contribution in [3.05, 3.63) is 51.3 Å². The number of rotatable bonds is 4. The predicted molar refractivity (Wildman–Crippen MR) is 89.5 cm³/mol. The van der Waals surface area contributed by atoms with E-state index in [-0.39, 0.29) is 16.3 Å². The zero-order valence-electron chi connectivity index (χ0n) is 12.6. The number of nitro benzene ring substituents is 1. The van der Waals surface area contributed by atoms with Gasteiger partial charge in [0.25, 0.3) is 11.6 Å². The Hall–Kier alpha value is -2.74. The van der Waals surface area contributed by atoms with Gasteiger partial charge >= 0.3 is 0 Å². The molecular formula is C15H14ClN5O3. The predicted octanol–water partition coefficient (Wildman–Crippen LogP) is 2.89. The second-order valence-corrected chi connectivity index (χ2v) is 5.74. The fraction of sp³-hybridized carbons (Fsp3) is 0.267. The van der Waals surface area contributed by atoms with Crippen molar-refractivity contribution in [3.8, 4) is 0 Å². The van der Waals surface area contributed by atoms with Crippen LogP contribution in [0.25, 0.3) is 0 Å². The summed E-state index contributed by atoms with van der Waals surface area (Å²) in [5.74, 6) is 0.497. The van der Waals surface area contributed by atoms with E-state index in [9.17, 15) is 14.9 Å². The number of amides is 1. The van der Waals surface area contributed by atoms with E-state index in [0.717, 1.165) is 37.8 Å². The number of nitrogens with zero attached hydrogens (tertiary/aromatic N) is 4. The number of halogens is 1. The quantitative estimate of drug-likeness (QED) is 0.674. The van der Waals surface area contributed by atoms with Crippen LogP contribution in [0.5, 0.6) is 0 Å².